The van der Waals surface area contributed by atoms with Crippen molar-refractivity contribution < 1.29 is 14.3 Å². The molecule has 1 saturated carbocycles. The molecule has 5 nitrogen and oxygen atoms in total. The van der Waals surface area contributed by atoms with Crippen molar-refractivity contribution >= 4 is 34.5 Å². The molecule has 1 fully saturated rings. The van der Waals surface area contributed by atoms with Gasteiger partial charge in [0.15, 0.2) is 0 Å². The summed E-state index contributed by atoms with van der Waals surface area (Å²) in [6.45, 7) is 0. The maximum absolute atomic E-state index is 12.7. The molecule has 1 heterocycles. The van der Waals surface area contributed by atoms with Crippen LogP contribution in [0.25, 0.3) is 11.3 Å². The Morgan fingerprint density at radius 3 is 2.68 bits per heavy atom. The van der Waals surface area contributed by atoms with Gasteiger partial charge in [0, 0.05) is 28.6 Å². The summed E-state index contributed by atoms with van der Waals surface area (Å²) in [6, 6.07) is 10.5. The van der Waals surface area contributed by atoms with Crippen LogP contribution >= 0.6 is 22.9 Å². The molecule has 1 N–H and O–H groups in total. The van der Waals surface area contributed by atoms with Gasteiger partial charge in [-0.1, -0.05) is 11.6 Å². The molecule has 1 aromatic heterocycles. The van der Waals surface area contributed by atoms with E-state index in [0.29, 0.717) is 33.7 Å². The number of amides is 1. The summed E-state index contributed by atoms with van der Waals surface area (Å²) in [4.78, 5) is 17.4. The zero-order valence-electron chi connectivity index (χ0n) is 15.5. The number of halogens is 1. The Morgan fingerprint density at radius 2 is 2.00 bits per heavy atom. The normalized spacial score (nSPS) is 13.2. The van der Waals surface area contributed by atoms with E-state index >= 15 is 0 Å². The summed E-state index contributed by atoms with van der Waals surface area (Å²) in [7, 11) is 3.08. The highest BCUT2D eigenvalue weighted by atomic mass is 35.5. The van der Waals surface area contributed by atoms with Crippen LogP contribution in [0, 0.1) is 0 Å². The second kappa shape index (κ2) is 7.81. The highest BCUT2D eigenvalue weighted by Crippen LogP contribution is 2.43. The van der Waals surface area contributed by atoms with E-state index in [9.17, 15) is 4.79 Å². The van der Waals surface area contributed by atoms with E-state index in [0.717, 1.165) is 11.3 Å². The number of ether oxygens (including phenoxy) is 2. The summed E-state index contributed by atoms with van der Waals surface area (Å²) >= 11 is 8.15. The average Bonchev–Trinajstić information content (AvgIpc) is 3.45. The lowest BCUT2D eigenvalue weighted by Gasteiger charge is -2.11. The van der Waals surface area contributed by atoms with Crippen LogP contribution in [0.3, 0.4) is 0 Å². The summed E-state index contributed by atoms with van der Waals surface area (Å²) in [5.41, 5.74) is 2.77. The molecule has 0 spiro atoms. The van der Waals surface area contributed by atoms with Crippen LogP contribution in [0.4, 0.5) is 5.69 Å². The predicted molar refractivity (Wildman–Crippen MR) is 112 cm³/mol. The van der Waals surface area contributed by atoms with E-state index in [1.54, 1.807) is 42.7 Å². The average molecular weight is 415 g/mol. The van der Waals surface area contributed by atoms with Crippen LogP contribution in [0.2, 0.25) is 5.02 Å². The smallest absolute Gasteiger partial charge is 0.259 e. The third-order valence-corrected chi connectivity index (χ3v) is 5.92. The van der Waals surface area contributed by atoms with Crippen molar-refractivity contribution in [2.75, 3.05) is 19.5 Å². The van der Waals surface area contributed by atoms with Gasteiger partial charge in [-0.3, -0.25) is 4.79 Å². The van der Waals surface area contributed by atoms with Crippen molar-refractivity contribution in [1.82, 2.24) is 4.98 Å². The number of nitrogens with zero attached hydrogens (tertiary/aromatic N) is 1. The van der Waals surface area contributed by atoms with E-state index < -0.39 is 0 Å². The molecule has 0 bridgehead atoms. The third kappa shape index (κ3) is 3.84. The van der Waals surface area contributed by atoms with Crippen molar-refractivity contribution in [1.29, 1.82) is 0 Å². The summed E-state index contributed by atoms with van der Waals surface area (Å²) in [6.07, 6.45) is 2.45. The van der Waals surface area contributed by atoms with Crippen molar-refractivity contribution in [3.05, 3.63) is 57.4 Å². The van der Waals surface area contributed by atoms with Gasteiger partial charge in [0.05, 0.1) is 35.5 Å². The molecule has 2 aromatic carbocycles. The van der Waals surface area contributed by atoms with Crippen molar-refractivity contribution in [3.8, 4) is 22.8 Å². The number of hydrogen-bond donors (Lipinski definition) is 1. The fourth-order valence-electron chi connectivity index (χ4n) is 2.91. The Labute approximate surface area is 172 Å². The molecule has 0 radical (unpaired) electrons. The minimum absolute atomic E-state index is 0.284. The van der Waals surface area contributed by atoms with E-state index in [4.69, 9.17) is 26.1 Å². The first kappa shape index (κ1) is 18.8. The van der Waals surface area contributed by atoms with Gasteiger partial charge in [-0.05, 0) is 43.2 Å². The monoisotopic (exact) mass is 414 g/mol. The fourth-order valence-corrected chi connectivity index (χ4v) is 4.18. The number of carbonyl (C=O) groups excluding carboxylic acids is 1. The van der Waals surface area contributed by atoms with Crippen molar-refractivity contribution in [2.45, 2.75) is 18.8 Å². The first-order chi connectivity index (χ1) is 13.6. The Bertz CT molecular complexity index is 1030. The van der Waals surface area contributed by atoms with Crippen LogP contribution in [-0.4, -0.2) is 25.1 Å². The van der Waals surface area contributed by atoms with Crippen molar-refractivity contribution in [3.63, 3.8) is 0 Å². The van der Waals surface area contributed by atoms with E-state index in [1.165, 1.54) is 25.0 Å². The van der Waals surface area contributed by atoms with Crippen LogP contribution in [0.1, 0.15) is 34.1 Å². The van der Waals surface area contributed by atoms with Gasteiger partial charge >= 0.3 is 0 Å². The fraction of sp³-hybridized carbons (Fsp3) is 0.238. The lowest BCUT2D eigenvalue weighted by molar-refractivity contribution is 0.102. The minimum atomic E-state index is -0.284. The number of benzene rings is 2. The minimum Gasteiger partial charge on any atom is -0.497 e. The standard InChI is InChI=1S/C21H19ClN2O3S/c1-26-14-6-8-16(19(10-14)27-2)20(25)23-13-5-7-15(17(22)9-13)18-11-28-21(24-18)12-3-4-12/h5-12H,3-4H2,1-2H3,(H,23,25). The summed E-state index contributed by atoms with van der Waals surface area (Å²) in [5, 5.41) is 6.62. The SMILES string of the molecule is COc1ccc(C(=O)Nc2ccc(-c3csc(C4CC4)n3)c(Cl)c2)c(OC)c1. The summed E-state index contributed by atoms with van der Waals surface area (Å²) in [5.74, 6) is 1.40. The second-order valence-corrected chi connectivity index (χ2v) is 7.86. The predicted octanol–water partition coefficient (Wildman–Crippen LogP) is 5.61. The number of methoxy groups -OCH3 is 2. The quantitative estimate of drug-likeness (QED) is 0.569. The molecule has 3 aromatic rings. The molecule has 0 aliphatic heterocycles. The zero-order chi connectivity index (χ0) is 19.7. The van der Waals surface area contributed by atoms with Gasteiger partial charge in [-0.25, -0.2) is 4.98 Å². The molecule has 0 saturated heterocycles. The molecule has 144 valence electrons. The molecule has 7 heteroatoms. The second-order valence-electron chi connectivity index (χ2n) is 6.56. The number of carbonyl (C=O) groups is 1. The number of nitrogens with one attached hydrogen (secondary N) is 1. The van der Waals surface area contributed by atoms with E-state index in [1.807, 2.05) is 17.5 Å². The van der Waals surface area contributed by atoms with Gasteiger partial charge in [0.2, 0.25) is 0 Å². The maximum Gasteiger partial charge on any atom is 0.259 e. The van der Waals surface area contributed by atoms with Crippen LogP contribution in [0.15, 0.2) is 41.8 Å². The summed E-state index contributed by atoms with van der Waals surface area (Å²) < 4.78 is 10.5. The molecular weight excluding hydrogens is 396 g/mol. The molecule has 28 heavy (non-hydrogen) atoms. The first-order valence-electron chi connectivity index (χ1n) is 8.87. The Hall–Kier alpha value is -2.57. The van der Waals surface area contributed by atoms with Crippen LogP contribution in [-0.2, 0) is 0 Å². The lowest BCUT2D eigenvalue weighted by atomic mass is 10.1. The van der Waals surface area contributed by atoms with Gasteiger partial charge in [-0.2, -0.15) is 0 Å². The number of hydrogen-bond acceptors (Lipinski definition) is 5. The molecule has 0 atom stereocenters. The van der Waals surface area contributed by atoms with Gasteiger partial charge < -0.3 is 14.8 Å². The highest BCUT2D eigenvalue weighted by molar-refractivity contribution is 7.10. The molecular formula is C21H19ClN2O3S. The topological polar surface area (TPSA) is 60.5 Å². The Kier molecular flexibility index (Phi) is 5.24. The molecule has 1 aliphatic rings. The van der Waals surface area contributed by atoms with Crippen molar-refractivity contribution in [2.24, 2.45) is 0 Å². The zero-order valence-corrected chi connectivity index (χ0v) is 17.1. The molecule has 1 aliphatic carbocycles. The lowest BCUT2D eigenvalue weighted by Crippen LogP contribution is -2.13. The van der Waals surface area contributed by atoms with Gasteiger partial charge in [0.25, 0.3) is 5.91 Å². The van der Waals surface area contributed by atoms with Crippen LogP contribution < -0.4 is 14.8 Å². The van der Waals surface area contributed by atoms with Gasteiger partial charge in [0.1, 0.15) is 11.5 Å². The Morgan fingerprint density at radius 1 is 1.18 bits per heavy atom. The highest BCUT2D eigenvalue weighted by Gasteiger charge is 2.27. The van der Waals surface area contributed by atoms with E-state index in [2.05, 4.69) is 5.32 Å². The first-order valence-corrected chi connectivity index (χ1v) is 10.1. The van der Waals surface area contributed by atoms with E-state index in [-0.39, 0.29) is 5.91 Å². The maximum atomic E-state index is 12.7. The molecule has 0 unspecified atom stereocenters. The number of aromatic nitrogens is 1. The van der Waals surface area contributed by atoms with Gasteiger partial charge in [-0.15, -0.1) is 11.3 Å². The third-order valence-electron chi connectivity index (χ3n) is 4.60. The molecule has 4 rings (SSSR count). The largest absolute Gasteiger partial charge is 0.497 e. The number of anilines is 1. The molecule has 1 amide bonds. The van der Waals surface area contributed by atoms with Crippen LogP contribution in [0.5, 0.6) is 11.5 Å². The number of thiazole rings is 1. The Balaban J connectivity index is 1.53. The number of rotatable bonds is 6.